The standard InChI is InChI=1S/C22H20N6O3S/c23-11-17-16-5-4-15(31-22(30)27-13-19-25-8-9-26-19)10-18(16)32-21(17)28-20(29)6-3-14-2-1-7-24-12-14/h1-3,6-9,12,15H,4-5,10,13H2,(H,25,26)(H,27,30)(H,28,29)/b6-3+. The number of carbonyl (C=O) groups excluding carboxylic acids is 2. The fourth-order valence-corrected chi connectivity index (χ4v) is 4.67. The second-order valence-corrected chi connectivity index (χ2v) is 8.19. The number of anilines is 1. The van der Waals surface area contributed by atoms with E-state index in [9.17, 15) is 14.9 Å². The van der Waals surface area contributed by atoms with Gasteiger partial charge in [-0.2, -0.15) is 5.26 Å². The zero-order valence-corrected chi connectivity index (χ0v) is 17.8. The Morgan fingerprint density at radius 3 is 3.06 bits per heavy atom. The molecule has 1 atom stereocenters. The fourth-order valence-electron chi connectivity index (χ4n) is 3.41. The van der Waals surface area contributed by atoms with Gasteiger partial charge in [-0.1, -0.05) is 6.07 Å². The van der Waals surface area contributed by atoms with E-state index in [2.05, 4.69) is 31.7 Å². The molecule has 3 aromatic rings. The van der Waals surface area contributed by atoms with Crippen LogP contribution in [-0.2, 0) is 28.9 Å². The molecule has 2 amide bonds. The zero-order chi connectivity index (χ0) is 22.3. The average molecular weight is 449 g/mol. The van der Waals surface area contributed by atoms with E-state index in [1.165, 1.54) is 17.4 Å². The number of rotatable bonds is 6. The van der Waals surface area contributed by atoms with Gasteiger partial charge in [0.25, 0.3) is 0 Å². The topological polar surface area (TPSA) is 133 Å². The zero-order valence-electron chi connectivity index (χ0n) is 17.0. The summed E-state index contributed by atoms with van der Waals surface area (Å²) in [4.78, 5) is 36.3. The third kappa shape index (κ3) is 5.19. The van der Waals surface area contributed by atoms with Gasteiger partial charge in [0, 0.05) is 42.2 Å². The molecule has 0 spiro atoms. The number of aromatic nitrogens is 3. The van der Waals surface area contributed by atoms with Crippen LogP contribution in [0.4, 0.5) is 9.80 Å². The van der Waals surface area contributed by atoms with Crippen molar-refractivity contribution >= 4 is 34.4 Å². The van der Waals surface area contributed by atoms with E-state index in [1.54, 1.807) is 36.9 Å². The number of hydrogen-bond donors (Lipinski definition) is 3. The van der Waals surface area contributed by atoms with Crippen molar-refractivity contribution in [2.75, 3.05) is 5.32 Å². The summed E-state index contributed by atoms with van der Waals surface area (Å²) in [6.07, 6.45) is 10.6. The minimum absolute atomic E-state index is 0.254. The molecule has 4 rings (SSSR count). The lowest BCUT2D eigenvalue weighted by Gasteiger charge is -2.22. The maximum Gasteiger partial charge on any atom is 0.407 e. The lowest BCUT2D eigenvalue weighted by Crippen LogP contribution is -2.31. The highest BCUT2D eigenvalue weighted by Crippen LogP contribution is 2.38. The monoisotopic (exact) mass is 448 g/mol. The highest BCUT2D eigenvalue weighted by molar-refractivity contribution is 7.16. The number of amides is 2. The Morgan fingerprint density at radius 1 is 1.41 bits per heavy atom. The van der Waals surface area contributed by atoms with Gasteiger partial charge < -0.3 is 20.4 Å². The number of nitrogens with zero attached hydrogens (tertiary/aromatic N) is 3. The lowest BCUT2D eigenvalue weighted by molar-refractivity contribution is -0.111. The molecule has 1 aliphatic carbocycles. The Labute approximate surface area is 188 Å². The summed E-state index contributed by atoms with van der Waals surface area (Å²) < 4.78 is 5.53. The number of pyridine rings is 1. The van der Waals surface area contributed by atoms with E-state index in [0.717, 1.165) is 16.0 Å². The van der Waals surface area contributed by atoms with E-state index in [0.29, 0.717) is 35.7 Å². The van der Waals surface area contributed by atoms with Crippen LogP contribution in [-0.4, -0.2) is 33.1 Å². The van der Waals surface area contributed by atoms with Crippen LogP contribution in [0.2, 0.25) is 0 Å². The van der Waals surface area contributed by atoms with Gasteiger partial charge in [-0.3, -0.25) is 9.78 Å². The van der Waals surface area contributed by atoms with Gasteiger partial charge in [-0.05, 0) is 36.1 Å². The molecule has 0 radical (unpaired) electrons. The number of nitrogens with one attached hydrogen (secondary N) is 3. The van der Waals surface area contributed by atoms with E-state index in [4.69, 9.17) is 4.74 Å². The highest BCUT2D eigenvalue weighted by atomic mass is 32.1. The van der Waals surface area contributed by atoms with Crippen molar-refractivity contribution in [2.45, 2.75) is 31.9 Å². The van der Waals surface area contributed by atoms with Crippen molar-refractivity contribution in [3.8, 4) is 6.07 Å². The van der Waals surface area contributed by atoms with Gasteiger partial charge in [0.1, 0.15) is 23.0 Å². The molecule has 0 aromatic carbocycles. The quantitative estimate of drug-likeness (QED) is 0.496. The third-order valence-corrected chi connectivity index (χ3v) is 6.08. The molecule has 0 aliphatic heterocycles. The third-order valence-electron chi connectivity index (χ3n) is 4.91. The van der Waals surface area contributed by atoms with Crippen molar-refractivity contribution in [1.29, 1.82) is 5.26 Å². The number of imidazole rings is 1. The van der Waals surface area contributed by atoms with E-state index >= 15 is 0 Å². The van der Waals surface area contributed by atoms with Crippen LogP contribution in [0.3, 0.4) is 0 Å². The molecule has 0 bridgehead atoms. The summed E-state index contributed by atoms with van der Waals surface area (Å²) in [6.45, 7) is 0.254. The lowest BCUT2D eigenvalue weighted by atomic mass is 9.94. The number of fused-ring (bicyclic) bond motifs is 1. The molecule has 3 aromatic heterocycles. The van der Waals surface area contributed by atoms with Crippen molar-refractivity contribution < 1.29 is 14.3 Å². The SMILES string of the molecule is N#Cc1c(NC(=O)/C=C/c2cccnc2)sc2c1CCC(OC(=O)NCc1ncc[nH]1)C2. The number of hydrogen-bond acceptors (Lipinski definition) is 7. The van der Waals surface area contributed by atoms with Gasteiger partial charge >= 0.3 is 6.09 Å². The minimum atomic E-state index is -0.513. The number of H-pyrrole nitrogens is 1. The summed E-state index contributed by atoms with van der Waals surface area (Å²) in [5, 5.41) is 15.6. The van der Waals surface area contributed by atoms with Gasteiger partial charge in [0.05, 0.1) is 12.1 Å². The second kappa shape index (κ2) is 9.89. The van der Waals surface area contributed by atoms with Crippen molar-refractivity contribution in [1.82, 2.24) is 20.3 Å². The molecule has 0 saturated heterocycles. The fraction of sp³-hybridized carbons (Fsp3) is 0.227. The van der Waals surface area contributed by atoms with Gasteiger partial charge in [0.15, 0.2) is 0 Å². The van der Waals surface area contributed by atoms with Crippen molar-refractivity contribution in [3.05, 3.63) is 70.4 Å². The number of alkyl carbamates (subject to hydrolysis) is 1. The number of nitriles is 1. The Bertz CT molecular complexity index is 1160. The van der Waals surface area contributed by atoms with E-state index in [1.807, 2.05) is 6.07 Å². The van der Waals surface area contributed by atoms with Crippen LogP contribution >= 0.6 is 11.3 Å². The van der Waals surface area contributed by atoms with Gasteiger partial charge in [-0.15, -0.1) is 11.3 Å². The molecule has 162 valence electrons. The summed E-state index contributed by atoms with van der Waals surface area (Å²) in [7, 11) is 0. The van der Waals surface area contributed by atoms with Crippen LogP contribution in [0, 0.1) is 11.3 Å². The number of ether oxygens (including phenoxy) is 1. The van der Waals surface area contributed by atoms with E-state index in [-0.39, 0.29) is 18.6 Å². The average Bonchev–Trinajstić information content (AvgIpc) is 3.44. The van der Waals surface area contributed by atoms with Gasteiger partial charge in [-0.25, -0.2) is 9.78 Å². The molecule has 9 nitrogen and oxygen atoms in total. The number of thiophene rings is 1. The summed E-state index contributed by atoms with van der Waals surface area (Å²) >= 11 is 1.35. The molecule has 3 N–H and O–H groups in total. The van der Waals surface area contributed by atoms with Crippen LogP contribution < -0.4 is 10.6 Å². The van der Waals surface area contributed by atoms with E-state index < -0.39 is 6.09 Å². The molecule has 0 fully saturated rings. The first-order valence-corrected chi connectivity index (χ1v) is 10.8. The second-order valence-electron chi connectivity index (χ2n) is 7.09. The maximum absolute atomic E-state index is 12.3. The van der Waals surface area contributed by atoms with Crippen molar-refractivity contribution in [3.63, 3.8) is 0 Å². The van der Waals surface area contributed by atoms with Crippen LogP contribution in [0.15, 0.2) is 43.0 Å². The Hall–Kier alpha value is -3.97. The molecule has 10 heteroatoms. The molecular formula is C22H20N6O3S. The summed E-state index contributed by atoms with van der Waals surface area (Å²) in [5.41, 5.74) is 2.20. The van der Waals surface area contributed by atoms with Crippen molar-refractivity contribution in [2.24, 2.45) is 0 Å². The Balaban J connectivity index is 1.37. The molecule has 1 unspecified atom stereocenters. The molecular weight excluding hydrogens is 428 g/mol. The minimum Gasteiger partial charge on any atom is -0.446 e. The smallest absolute Gasteiger partial charge is 0.407 e. The predicted molar refractivity (Wildman–Crippen MR) is 119 cm³/mol. The first kappa shape index (κ1) is 21.3. The Morgan fingerprint density at radius 2 is 2.31 bits per heavy atom. The van der Waals surface area contributed by atoms with Crippen LogP contribution in [0.25, 0.3) is 6.08 Å². The first-order chi connectivity index (χ1) is 15.6. The molecule has 0 saturated carbocycles. The number of carbonyl (C=O) groups is 2. The molecule has 32 heavy (non-hydrogen) atoms. The van der Waals surface area contributed by atoms with Gasteiger partial charge in [0.2, 0.25) is 5.91 Å². The highest BCUT2D eigenvalue weighted by Gasteiger charge is 2.28. The van der Waals surface area contributed by atoms with Crippen LogP contribution in [0.5, 0.6) is 0 Å². The van der Waals surface area contributed by atoms with Crippen LogP contribution in [0.1, 0.15) is 33.8 Å². The first-order valence-electron chi connectivity index (χ1n) is 9.99. The summed E-state index contributed by atoms with van der Waals surface area (Å²) in [5.74, 6) is 0.316. The largest absolute Gasteiger partial charge is 0.446 e. The maximum atomic E-state index is 12.3. The summed E-state index contributed by atoms with van der Waals surface area (Å²) in [6, 6.07) is 5.83. The Kier molecular flexibility index (Phi) is 6.57. The normalized spacial score (nSPS) is 15.0. The predicted octanol–water partition coefficient (Wildman–Crippen LogP) is 3.17. The molecule has 3 heterocycles. The number of aromatic amines is 1. The molecule has 1 aliphatic rings.